The molecule has 0 aliphatic rings. The van der Waals surface area contributed by atoms with Crippen molar-refractivity contribution in [3.63, 3.8) is 0 Å². The zero-order valence-electron chi connectivity index (χ0n) is 6.63. The van der Waals surface area contributed by atoms with Gasteiger partial charge in [0.05, 0.1) is 0 Å². The second kappa shape index (κ2) is 3.72. The summed E-state index contributed by atoms with van der Waals surface area (Å²) in [6, 6.07) is -4.02. The molecule has 0 aromatic carbocycles. The SMILES string of the molecule is NC(C(C(F)(F)F)C(F)(F)F)C(F)(F)F. The van der Waals surface area contributed by atoms with Gasteiger partial charge in [-0.25, -0.2) is 0 Å². The van der Waals surface area contributed by atoms with Gasteiger partial charge < -0.3 is 5.73 Å². The monoisotopic (exact) mass is 249 g/mol. The van der Waals surface area contributed by atoms with Crippen molar-refractivity contribution in [1.29, 1.82) is 0 Å². The molecule has 0 spiro atoms. The molecule has 2 N–H and O–H groups in total. The van der Waals surface area contributed by atoms with Crippen molar-refractivity contribution < 1.29 is 39.5 Å². The van der Waals surface area contributed by atoms with Crippen LogP contribution in [-0.4, -0.2) is 24.6 Å². The molecule has 1 atom stereocenters. The summed E-state index contributed by atoms with van der Waals surface area (Å²) < 4.78 is 105. The molecule has 0 amide bonds. The van der Waals surface area contributed by atoms with Crippen LogP contribution in [0.4, 0.5) is 39.5 Å². The van der Waals surface area contributed by atoms with Crippen LogP contribution in [0.2, 0.25) is 0 Å². The average molecular weight is 249 g/mol. The van der Waals surface area contributed by atoms with E-state index in [1.54, 1.807) is 0 Å². The molecule has 0 radical (unpaired) electrons. The van der Waals surface area contributed by atoms with Crippen LogP contribution < -0.4 is 5.73 Å². The minimum Gasteiger partial charge on any atom is -0.319 e. The van der Waals surface area contributed by atoms with Crippen LogP contribution in [0.15, 0.2) is 0 Å². The lowest BCUT2D eigenvalue weighted by molar-refractivity contribution is -0.315. The predicted molar refractivity (Wildman–Crippen MR) is 29.6 cm³/mol. The van der Waals surface area contributed by atoms with Crippen LogP contribution in [0.25, 0.3) is 0 Å². The van der Waals surface area contributed by atoms with Gasteiger partial charge in [0.1, 0.15) is 6.04 Å². The van der Waals surface area contributed by atoms with Gasteiger partial charge >= 0.3 is 18.5 Å². The second-order valence-corrected chi connectivity index (χ2v) is 2.63. The summed E-state index contributed by atoms with van der Waals surface area (Å²) in [7, 11) is 0. The molecule has 0 aromatic rings. The number of halogens is 9. The van der Waals surface area contributed by atoms with E-state index in [0.717, 1.165) is 0 Å². The molecule has 1 unspecified atom stereocenters. The molecule has 0 aliphatic heterocycles. The lowest BCUT2D eigenvalue weighted by atomic mass is 9.99. The molecule has 1 nitrogen and oxygen atoms in total. The number of rotatable bonds is 1. The quantitative estimate of drug-likeness (QED) is 0.710. The van der Waals surface area contributed by atoms with E-state index in [-0.39, 0.29) is 0 Å². The predicted octanol–water partition coefficient (Wildman–Crippen LogP) is 2.62. The number of hydrogen-bond donors (Lipinski definition) is 1. The fraction of sp³-hybridized carbons (Fsp3) is 1.00. The standard InChI is InChI=1S/C5H4F9N/c6-3(7,8)1(4(9,10)11)2(15)5(12,13)14/h1-2H,15H2. The summed E-state index contributed by atoms with van der Waals surface area (Å²) in [6.45, 7) is 0. The first-order chi connectivity index (χ1) is 6.28. The topological polar surface area (TPSA) is 26.0 Å². The van der Waals surface area contributed by atoms with Gasteiger partial charge in [-0.2, -0.15) is 39.5 Å². The van der Waals surface area contributed by atoms with Crippen LogP contribution in [0.1, 0.15) is 0 Å². The molecule has 0 heterocycles. The van der Waals surface area contributed by atoms with E-state index in [2.05, 4.69) is 5.73 Å². The Morgan fingerprint density at radius 2 is 0.867 bits per heavy atom. The van der Waals surface area contributed by atoms with E-state index in [0.29, 0.717) is 0 Å². The van der Waals surface area contributed by atoms with Crippen LogP contribution in [0, 0.1) is 5.92 Å². The first kappa shape index (κ1) is 14.3. The molecule has 0 bridgehead atoms. The third-order valence-electron chi connectivity index (χ3n) is 1.44. The van der Waals surface area contributed by atoms with Crippen molar-refractivity contribution in [2.45, 2.75) is 24.6 Å². The average Bonchev–Trinajstić information content (AvgIpc) is 1.76. The van der Waals surface area contributed by atoms with E-state index in [4.69, 9.17) is 0 Å². The van der Waals surface area contributed by atoms with Crippen molar-refractivity contribution in [3.05, 3.63) is 0 Å². The number of hydrogen-bond acceptors (Lipinski definition) is 1. The molecule has 0 fully saturated rings. The molecule has 92 valence electrons. The minimum atomic E-state index is -6.09. The van der Waals surface area contributed by atoms with Crippen LogP contribution in [0.5, 0.6) is 0 Å². The van der Waals surface area contributed by atoms with E-state index in [1.165, 1.54) is 0 Å². The van der Waals surface area contributed by atoms with Crippen LogP contribution in [-0.2, 0) is 0 Å². The Kier molecular flexibility index (Phi) is 3.56. The summed E-state index contributed by atoms with van der Waals surface area (Å²) in [5.41, 5.74) is 3.90. The Bertz CT molecular complexity index is 196. The largest absolute Gasteiger partial charge is 0.404 e. The molecule has 0 aromatic heterocycles. The van der Waals surface area contributed by atoms with E-state index in [1.807, 2.05) is 0 Å². The number of alkyl halides is 9. The lowest BCUT2D eigenvalue weighted by Gasteiger charge is -2.29. The van der Waals surface area contributed by atoms with Crippen molar-refractivity contribution in [2.75, 3.05) is 0 Å². The highest BCUT2D eigenvalue weighted by Gasteiger charge is 2.65. The van der Waals surface area contributed by atoms with E-state index >= 15 is 0 Å². The van der Waals surface area contributed by atoms with E-state index in [9.17, 15) is 39.5 Å². The van der Waals surface area contributed by atoms with Crippen LogP contribution >= 0.6 is 0 Å². The van der Waals surface area contributed by atoms with Gasteiger partial charge in [0, 0.05) is 0 Å². The molecule has 10 heteroatoms. The molecule has 0 saturated heterocycles. The summed E-state index contributed by atoms with van der Waals surface area (Å²) in [5, 5.41) is 0. The van der Waals surface area contributed by atoms with Gasteiger partial charge in [-0.3, -0.25) is 0 Å². The molecule has 0 aliphatic carbocycles. The Balaban J connectivity index is 5.16. The highest BCUT2D eigenvalue weighted by atomic mass is 19.4. The fourth-order valence-corrected chi connectivity index (χ4v) is 0.782. The second-order valence-electron chi connectivity index (χ2n) is 2.63. The summed E-state index contributed by atoms with van der Waals surface area (Å²) in [6.07, 6.45) is -17.9. The fourth-order valence-electron chi connectivity index (χ4n) is 0.782. The Morgan fingerprint density at radius 3 is 0.933 bits per heavy atom. The third-order valence-corrected chi connectivity index (χ3v) is 1.44. The van der Waals surface area contributed by atoms with Crippen LogP contribution in [0.3, 0.4) is 0 Å². The molecule has 0 saturated carbocycles. The molecular formula is C5H4F9N. The summed E-state index contributed by atoms with van der Waals surface area (Å²) >= 11 is 0. The van der Waals surface area contributed by atoms with Crippen molar-refractivity contribution in [3.8, 4) is 0 Å². The molecule has 0 rings (SSSR count). The normalized spacial score (nSPS) is 17.0. The molecular weight excluding hydrogens is 245 g/mol. The van der Waals surface area contributed by atoms with Gasteiger partial charge in [-0.15, -0.1) is 0 Å². The van der Waals surface area contributed by atoms with Gasteiger partial charge in [0.2, 0.25) is 0 Å². The maximum Gasteiger partial charge on any atom is 0.404 e. The van der Waals surface area contributed by atoms with Crippen molar-refractivity contribution in [2.24, 2.45) is 11.7 Å². The Labute approximate surface area is 77.0 Å². The Hall–Kier alpha value is -0.670. The number of nitrogens with two attached hydrogens (primary N) is 1. The maximum absolute atomic E-state index is 11.7. The zero-order valence-corrected chi connectivity index (χ0v) is 6.63. The maximum atomic E-state index is 11.7. The van der Waals surface area contributed by atoms with Crippen molar-refractivity contribution >= 4 is 0 Å². The van der Waals surface area contributed by atoms with E-state index < -0.39 is 30.5 Å². The first-order valence-corrected chi connectivity index (χ1v) is 3.23. The first-order valence-electron chi connectivity index (χ1n) is 3.23. The highest BCUT2D eigenvalue weighted by molar-refractivity contribution is 4.89. The summed E-state index contributed by atoms with van der Waals surface area (Å²) in [4.78, 5) is 0. The van der Waals surface area contributed by atoms with Gasteiger partial charge in [0.15, 0.2) is 5.92 Å². The smallest absolute Gasteiger partial charge is 0.319 e. The highest BCUT2D eigenvalue weighted by Crippen LogP contribution is 2.44. The molecule has 15 heavy (non-hydrogen) atoms. The summed E-state index contributed by atoms with van der Waals surface area (Å²) in [5.74, 6) is -4.61. The minimum absolute atomic E-state index is 3.90. The van der Waals surface area contributed by atoms with Crippen molar-refractivity contribution in [1.82, 2.24) is 0 Å². The third kappa shape index (κ3) is 3.76. The zero-order chi connectivity index (χ0) is 12.7. The van der Waals surface area contributed by atoms with Gasteiger partial charge in [0.25, 0.3) is 0 Å². The lowest BCUT2D eigenvalue weighted by Crippen LogP contribution is -2.55. The van der Waals surface area contributed by atoms with Gasteiger partial charge in [-0.1, -0.05) is 0 Å². The van der Waals surface area contributed by atoms with Gasteiger partial charge in [-0.05, 0) is 0 Å². The Morgan fingerprint density at radius 1 is 0.600 bits per heavy atom.